The summed E-state index contributed by atoms with van der Waals surface area (Å²) in [5.41, 5.74) is 0.494. The average molecular weight is 506 g/mol. The first-order chi connectivity index (χ1) is 17.5. The van der Waals surface area contributed by atoms with Crippen molar-refractivity contribution in [2.75, 3.05) is 32.1 Å². The Morgan fingerprint density at radius 1 is 1.14 bits per heavy atom. The Labute approximate surface area is 212 Å². The highest BCUT2D eigenvalue weighted by Crippen LogP contribution is 2.42. The number of ether oxygens (including phenoxy) is 1. The fourth-order valence-corrected chi connectivity index (χ4v) is 5.88. The van der Waals surface area contributed by atoms with Gasteiger partial charge in [0.15, 0.2) is 0 Å². The predicted molar refractivity (Wildman–Crippen MR) is 140 cm³/mol. The number of carbonyl (C=O) groups excluding carboxylic acids is 3. The summed E-state index contributed by atoms with van der Waals surface area (Å²) in [5.74, 6) is 0.827. The standard InChI is InChI=1S/C26H27N5O4S/c1-3-27-25(34)29-22-19(17-10-7-11-18(35-2)20(17)36-22)23(32)31-14-12-26(13-15-31)24(33)28-21(30-26)16-8-5-4-6-9-16/h4-11H,3,12-15H2,1-2H3,(H2,27,29,34)(H,28,30,33). The number of hydrogen-bond donors (Lipinski definition) is 3. The fourth-order valence-electron chi connectivity index (χ4n) is 4.70. The minimum Gasteiger partial charge on any atom is -0.495 e. The Bertz CT molecular complexity index is 1360. The Kier molecular flexibility index (Phi) is 6.36. The number of benzene rings is 2. The summed E-state index contributed by atoms with van der Waals surface area (Å²) in [7, 11) is 1.58. The third-order valence-corrected chi connectivity index (χ3v) is 7.74. The van der Waals surface area contributed by atoms with Gasteiger partial charge in [0.1, 0.15) is 22.1 Å². The number of aliphatic imine (C=N–C) groups is 1. The highest BCUT2D eigenvalue weighted by Gasteiger charge is 2.47. The van der Waals surface area contributed by atoms with Gasteiger partial charge in [0, 0.05) is 30.6 Å². The van der Waals surface area contributed by atoms with E-state index in [9.17, 15) is 14.4 Å². The third-order valence-electron chi connectivity index (χ3n) is 6.61. The van der Waals surface area contributed by atoms with Gasteiger partial charge in [0.2, 0.25) is 0 Å². The topological polar surface area (TPSA) is 112 Å². The van der Waals surface area contributed by atoms with Crippen LogP contribution in [0.25, 0.3) is 10.1 Å². The van der Waals surface area contributed by atoms with Gasteiger partial charge in [-0.15, -0.1) is 11.3 Å². The lowest BCUT2D eigenvalue weighted by atomic mass is 9.87. The van der Waals surface area contributed by atoms with E-state index in [1.165, 1.54) is 11.3 Å². The quantitative estimate of drug-likeness (QED) is 0.491. The third kappa shape index (κ3) is 4.17. The Hall–Kier alpha value is -3.92. The van der Waals surface area contributed by atoms with Gasteiger partial charge >= 0.3 is 6.03 Å². The van der Waals surface area contributed by atoms with E-state index in [0.29, 0.717) is 54.6 Å². The summed E-state index contributed by atoms with van der Waals surface area (Å²) in [5, 5.41) is 10.1. The van der Waals surface area contributed by atoms with E-state index in [0.717, 1.165) is 15.6 Å². The molecule has 2 aromatic carbocycles. The molecule has 1 saturated heterocycles. The van der Waals surface area contributed by atoms with E-state index in [1.54, 1.807) is 12.0 Å². The lowest BCUT2D eigenvalue weighted by Gasteiger charge is -2.38. The summed E-state index contributed by atoms with van der Waals surface area (Å²) in [6.07, 6.45) is 0.893. The van der Waals surface area contributed by atoms with Crippen molar-refractivity contribution in [3.05, 3.63) is 59.7 Å². The van der Waals surface area contributed by atoms with Gasteiger partial charge in [-0.3, -0.25) is 14.9 Å². The molecule has 1 aromatic heterocycles. The van der Waals surface area contributed by atoms with Crippen LogP contribution in [-0.4, -0.2) is 60.9 Å². The van der Waals surface area contributed by atoms with Crippen LogP contribution in [0.2, 0.25) is 0 Å². The van der Waals surface area contributed by atoms with Crippen molar-refractivity contribution in [1.29, 1.82) is 0 Å². The van der Waals surface area contributed by atoms with E-state index in [1.807, 2.05) is 55.5 Å². The fraction of sp³-hybridized carbons (Fsp3) is 0.308. The van der Waals surface area contributed by atoms with Gasteiger partial charge < -0.3 is 20.3 Å². The molecule has 10 heteroatoms. The van der Waals surface area contributed by atoms with Crippen LogP contribution in [0, 0.1) is 0 Å². The maximum Gasteiger partial charge on any atom is 0.319 e. The molecule has 3 heterocycles. The number of urea groups is 1. The van der Waals surface area contributed by atoms with Crippen molar-refractivity contribution in [3.8, 4) is 5.75 Å². The molecule has 186 valence electrons. The molecule has 3 N–H and O–H groups in total. The number of methoxy groups -OCH3 is 1. The van der Waals surface area contributed by atoms with E-state index in [2.05, 4.69) is 20.9 Å². The van der Waals surface area contributed by atoms with Crippen LogP contribution < -0.4 is 20.7 Å². The molecule has 0 atom stereocenters. The molecule has 5 rings (SSSR count). The largest absolute Gasteiger partial charge is 0.495 e. The first kappa shape index (κ1) is 23.8. The van der Waals surface area contributed by atoms with Crippen LogP contribution in [0.3, 0.4) is 0 Å². The second-order valence-electron chi connectivity index (χ2n) is 8.76. The van der Waals surface area contributed by atoms with Crippen molar-refractivity contribution in [3.63, 3.8) is 0 Å². The zero-order valence-corrected chi connectivity index (χ0v) is 20.9. The van der Waals surface area contributed by atoms with Gasteiger partial charge in [0.25, 0.3) is 11.8 Å². The molecule has 1 spiro atoms. The molecule has 4 amide bonds. The van der Waals surface area contributed by atoms with Crippen LogP contribution in [0.1, 0.15) is 35.7 Å². The van der Waals surface area contributed by atoms with Gasteiger partial charge in [-0.25, -0.2) is 4.79 Å². The zero-order chi connectivity index (χ0) is 25.3. The van der Waals surface area contributed by atoms with E-state index in [-0.39, 0.29) is 17.8 Å². The normalized spacial score (nSPS) is 16.6. The molecule has 9 nitrogen and oxygen atoms in total. The monoisotopic (exact) mass is 505 g/mol. The van der Waals surface area contributed by atoms with Crippen LogP contribution in [0.5, 0.6) is 5.75 Å². The van der Waals surface area contributed by atoms with Crippen LogP contribution >= 0.6 is 11.3 Å². The van der Waals surface area contributed by atoms with E-state index in [4.69, 9.17) is 4.74 Å². The first-order valence-corrected chi connectivity index (χ1v) is 12.7. The SMILES string of the molecule is CCNC(=O)Nc1sc2c(OC)cccc2c1C(=O)N1CCC2(CC1)NC(c1ccccc1)=NC2=O. The first-order valence-electron chi connectivity index (χ1n) is 11.9. The minimum absolute atomic E-state index is 0.189. The molecule has 0 aliphatic carbocycles. The molecule has 1 fully saturated rings. The predicted octanol–water partition coefficient (Wildman–Crippen LogP) is 3.60. The number of hydrogen-bond acceptors (Lipinski definition) is 6. The molecular weight excluding hydrogens is 478 g/mol. The van der Waals surface area contributed by atoms with Gasteiger partial charge in [0.05, 0.1) is 17.4 Å². The molecular formula is C26H27N5O4S. The summed E-state index contributed by atoms with van der Waals surface area (Å²) in [6.45, 7) is 3.06. The van der Waals surface area contributed by atoms with Gasteiger partial charge in [-0.1, -0.05) is 42.5 Å². The molecule has 3 aromatic rings. The van der Waals surface area contributed by atoms with E-state index < -0.39 is 5.54 Å². The zero-order valence-electron chi connectivity index (χ0n) is 20.1. The summed E-state index contributed by atoms with van der Waals surface area (Å²) in [4.78, 5) is 45.0. The number of anilines is 1. The summed E-state index contributed by atoms with van der Waals surface area (Å²) < 4.78 is 6.28. The number of piperidine rings is 1. The number of nitrogens with one attached hydrogen (secondary N) is 3. The maximum absolute atomic E-state index is 13.8. The lowest BCUT2D eigenvalue weighted by molar-refractivity contribution is -0.124. The summed E-state index contributed by atoms with van der Waals surface area (Å²) in [6, 6.07) is 14.7. The highest BCUT2D eigenvalue weighted by molar-refractivity contribution is 7.23. The van der Waals surface area contributed by atoms with E-state index >= 15 is 0 Å². The molecule has 0 unspecified atom stereocenters. The lowest BCUT2D eigenvalue weighted by Crippen LogP contribution is -2.56. The van der Waals surface area contributed by atoms with Crippen molar-refractivity contribution in [2.45, 2.75) is 25.3 Å². The Morgan fingerprint density at radius 2 is 1.89 bits per heavy atom. The number of rotatable bonds is 5. The Morgan fingerprint density at radius 3 is 2.58 bits per heavy atom. The molecule has 0 bridgehead atoms. The molecule has 2 aliphatic rings. The smallest absolute Gasteiger partial charge is 0.319 e. The number of fused-ring (bicyclic) bond motifs is 1. The minimum atomic E-state index is -0.802. The van der Waals surface area contributed by atoms with Crippen molar-refractivity contribution < 1.29 is 19.1 Å². The second kappa shape index (κ2) is 9.62. The summed E-state index contributed by atoms with van der Waals surface area (Å²) >= 11 is 1.31. The number of thiophene rings is 1. The molecule has 36 heavy (non-hydrogen) atoms. The van der Waals surface area contributed by atoms with Crippen molar-refractivity contribution >= 4 is 50.1 Å². The van der Waals surface area contributed by atoms with Crippen LogP contribution in [0.15, 0.2) is 53.5 Å². The second-order valence-corrected chi connectivity index (χ2v) is 9.78. The van der Waals surface area contributed by atoms with Crippen LogP contribution in [-0.2, 0) is 4.79 Å². The average Bonchev–Trinajstić information content (AvgIpc) is 3.41. The molecule has 0 saturated carbocycles. The van der Waals surface area contributed by atoms with Crippen molar-refractivity contribution in [2.24, 2.45) is 4.99 Å². The number of amidine groups is 1. The highest BCUT2D eigenvalue weighted by atomic mass is 32.1. The molecule has 0 radical (unpaired) electrons. The number of carbonyl (C=O) groups is 3. The maximum atomic E-state index is 13.8. The van der Waals surface area contributed by atoms with Crippen molar-refractivity contribution in [1.82, 2.24) is 15.5 Å². The molecule has 2 aliphatic heterocycles. The Balaban J connectivity index is 1.38. The van der Waals surface area contributed by atoms with Crippen LogP contribution in [0.4, 0.5) is 9.80 Å². The number of likely N-dealkylation sites (tertiary alicyclic amines) is 1. The van der Waals surface area contributed by atoms with Gasteiger partial charge in [-0.2, -0.15) is 4.99 Å². The number of amides is 4. The van der Waals surface area contributed by atoms with Gasteiger partial charge in [-0.05, 0) is 25.8 Å². The number of nitrogens with zero attached hydrogens (tertiary/aromatic N) is 2.